The van der Waals surface area contributed by atoms with Gasteiger partial charge in [0.1, 0.15) is 11.6 Å². The van der Waals surface area contributed by atoms with Crippen LogP contribution < -0.4 is 4.90 Å². The maximum atomic E-state index is 13.3. The van der Waals surface area contributed by atoms with Gasteiger partial charge in [-0.05, 0) is 24.3 Å². The molecule has 2 nitrogen and oxygen atoms in total. The highest BCUT2D eigenvalue weighted by molar-refractivity contribution is 6.35. The second-order valence-corrected chi connectivity index (χ2v) is 4.45. The van der Waals surface area contributed by atoms with Crippen molar-refractivity contribution in [2.24, 2.45) is 0 Å². The molecular formula is C14H10ClFN2. The normalized spacial score (nSPS) is 14.4. The van der Waals surface area contributed by atoms with Crippen molar-refractivity contribution in [3.8, 4) is 0 Å². The Labute approximate surface area is 109 Å². The largest absolute Gasteiger partial charge is 0.329 e. The predicted octanol–water partition coefficient (Wildman–Crippen LogP) is 3.92. The van der Waals surface area contributed by atoms with E-state index in [2.05, 4.69) is 4.98 Å². The Bertz CT molecular complexity index is 664. The average Bonchev–Trinajstić information content (AvgIpc) is 2.41. The number of allylic oxidation sites excluding steroid dienone is 2. The van der Waals surface area contributed by atoms with Crippen LogP contribution >= 0.6 is 11.6 Å². The van der Waals surface area contributed by atoms with Crippen molar-refractivity contribution in [2.75, 3.05) is 11.4 Å². The van der Waals surface area contributed by atoms with Crippen molar-refractivity contribution in [3.05, 3.63) is 59.7 Å². The van der Waals surface area contributed by atoms with Crippen LogP contribution in [-0.4, -0.2) is 11.5 Å². The van der Waals surface area contributed by atoms with Crippen LogP contribution in [0, 0.1) is 5.82 Å². The van der Waals surface area contributed by atoms with E-state index in [9.17, 15) is 4.39 Å². The minimum Gasteiger partial charge on any atom is -0.329 e. The van der Waals surface area contributed by atoms with Crippen LogP contribution in [0.4, 0.5) is 10.2 Å². The number of benzene rings is 1. The molecule has 0 radical (unpaired) electrons. The topological polar surface area (TPSA) is 16.1 Å². The summed E-state index contributed by atoms with van der Waals surface area (Å²) in [5.41, 5.74) is 0. The van der Waals surface area contributed by atoms with E-state index < -0.39 is 0 Å². The fraction of sp³-hybridized carbons (Fsp3) is 0.0714. The summed E-state index contributed by atoms with van der Waals surface area (Å²) in [5.74, 6) is 0.491. The number of halogens is 2. The summed E-state index contributed by atoms with van der Waals surface area (Å²) in [4.78, 5) is 6.34. The first-order valence-corrected chi connectivity index (χ1v) is 5.97. The van der Waals surface area contributed by atoms with E-state index in [-0.39, 0.29) is 5.82 Å². The lowest BCUT2D eigenvalue weighted by molar-refractivity contribution is 0.629. The zero-order valence-corrected chi connectivity index (χ0v) is 10.2. The number of nitrogens with zero attached hydrogens (tertiary/aromatic N) is 2. The molecular weight excluding hydrogens is 251 g/mol. The minimum atomic E-state index is -0.296. The molecule has 18 heavy (non-hydrogen) atoms. The van der Waals surface area contributed by atoms with Crippen LogP contribution in [0.15, 0.2) is 48.8 Å². The van der Waals surface area contributed by atoms with Gasteiger partial charge in [0, 0.05) is 29.7 Å². The molecule has 2 heterocycles. The first kappa shape index (κ1) is 11.2. The van der Waals surface area contributed by atoms with Crippen LogP contribution in [0.3, 0.4) is 0 Å². The Morgan fingerprint density at radius 2 is 2.11 bits per heavy atom. The van der Waals surface area contributed by atoms with Gasteiger partial charge in [-0.15, -0.1) is 0 Å². The van der Waals surface area contributed by atoms with Gasteiger partial charge in [-0.25, -0.2) is 9.37 Å². The number of rotatable bonds is 1. The van der Waals surface area contributed by atoms with E-state index in [1.807, 2.05) is 29.3 Å². The second kappa shape index (κ2) is 4.42. The molecule has 1 aliphatic heterocycles. The van der Waals surface area contributed by atoms with Gasteiger partial charge in [-0.1, -0.05) is 23.8 Å². The van der Waals surface area contributed by atoms with Gasteiger partial charge in [0.25, 0.3) is 0 Å². The Hall–Kier alpha value is -1.87. The number of hydrogen-bond donors (Lipinski definition) is 0. The summed E-state index contributed by atoms with van der Waals surface area (Å²) in [6.45, 7) is 0.748. The summed E-state index contributed by atoms with van der Waals surface area (Å²) >= 11 is 6.06. The third-order valence-electron chi connectivity index (χ3n) is 2.87. The van der Waals surface area contributed by atoms with Crippen LogP contribution in [0.5, 0.6) is 0 Å². The third-order valence-corrected chi connectivity index (χ3v) is 3.17. The van der Waals surface area contributed by atoms with Crippen molar-refractivity contribution in [1.29, 1.82) is 0 Å². The third kappa shape index (κ3) is 1.87. The average molecular weight is 261 g/mol. The van der Waals surface area contributed by atoms with E-state index >= 15 is 0 Å². The Balaban J connectivity index is 2.21. The van der Waals surface area contributed by atoms with E-state index in [1.165, 1.54) is 12.1 Å². The van der Waals surface area contributed by atoms with Crippen molar-refractivity contribution in [1.82, 2.24) is 4.98 Å². The molecule has 0 saturated carbocycles. The van der Waals surface area contributed by atoms with Crippen LogP contribution in [-0.2, 0) is 0 Å². The summed E-state index contributed by atoms with van der Waals surface area (Å²) in [7, 11) is 0. The molecule has 0 fully saturated rings. The second-order valence-electron chi connectivity index (χ2n) is 4.04. The summed E-state index contributed by atoms with van der Waals surface area (Å²) < 4.78 is 13.3. The molecule has 1 aromatic carbocycles. The van der Waals surface area contributed by atoms with Crippen LogP contribution in [0.2, 0.25) is 5.02 Å². The fourth-order valence-electron chi connectivity index (χ4n) is 2.02. The van der Waals surface area contributed by atoms with Gasteiger partial charge in [-0.2, -0.15) is 0 Å². The summed E-state index contributed by atoms with van der Waals surface area (Å²) in [6, 6.07) is 4.57. The van der Waals surface area contributed by atoms with Gasteiger partial charge in [0.15, 0.2) is 0 Å². The number of pyridine rings is 1. The van der Waals surface area contributed by atoms with E-state index in [1.54, 1.807) is 12.3 Å². The first-order chi connectivity index (χ1) is 8.75. The maximum Gasteiger partial charge on any atom is 0.140 e. The molecule has 0 amide bonds. The molecule has 0 aliphatic carbocycles. The summed E-state index contributed by atoms with van der Waals surface area (Å²) in [6.07, 6.45) is 9.46. The lowest BCUT2D eigenvalue weighted by atomic mass is 10.1. The van der Waals surface area contributed by atoms with Gasteiger partial charge in [0.05, 0.1) is 5.02 Å². The minimum absolute atomic E-state index is 0.296. The van der Waals surface area contributed by atoms with Gasteiger partial charge in [-0.3, -0.25) is 0 Å². The van der Waals surface area contributed by atoms with Crippen molar-refractivity contribution in [3.63, 3.8) is 0 Å². The predicted molar refractivity (Wildman–Crippen MR) is 72.3 cm³/mol. The molecule has 4 heteroatoms. The molecule has 90 valence electrons. The highest BCUT2D eigenvalue weighted by Crippen LogP contribution is 2.31. The van der Waals surface area contributed by atoms with E-state index in [0.717, 1.165) is 17.7 Å². The Morgan fingerprint density at radius 3 is 2.89 bits per heavy atom. The zero-order valence-electron chi connectivity index (χ0n) is 9.48. The smallest absolute Gasteiger partial charge is 0.140 e. The summed E-state index contributed by atoms with van der Waals surface area (Å²) in [5, 5.41) is 2.00. The highest BCUT2D eigenvalue weighted by Gasteiger charge is 2.12. The maximum absolute atomic E-state index is 13.3. The Kier molecular flexibility index (Phi) is 2.76. The number of fused-ring (bicyclic) bond motifs is 1. The fourth-order valence-corrected chi connectivity index (χ4v) is 2.22. The molecule has 3 rings (SSSR count). The molecule has 0 atom stereocenters. The molecule has 0 saturated heterocycles. The molecule has 1 aromatic heterocycles. The molecule has 0 unspecified atom stereocenters. The van der Waals surface area contributed by atoms with E-state index in [4.69, 9.17) is 11.6 Å². The SMILES string of the molecule is Fc1ccc2c(N3C=CC=CC3)ncc(Cl)c2c1. The zero-order chi connectivity index (χ0) is 12.5. The van der Waals surface area contributed by atoms with Gasteiger partial charge >= 0.3 is 0 Å². The van der Waals surface area contributed by atoms with Crippen molar-refractivity contribution in [2.45, 2.75) is 0 Å². The molecule has 2 aromatic rings. The molecule has 0 N–H and O–H groups in total. The first-order valence-electron chi connectivity index (χ1n) is 5.59. The van der Waals surface area contributed by atoms with E-state index in [0.29, 0.717) is 10.4 Å². The molecule has 0 spiro atoms. The number of aromatic nitrogens is 1. The lowest BCUT2D eigenvalue weighted by Crippen LogP contribution is -2.18. The highest BCUT2D eigenvalue weighted by atomic mass is 35.5. The molecule has 0 bridgehead atoms. The molecule has 1 aliphatic rings. The standard InChI is InChI=1S/C14H10ClFN2/c15-13-9-17-14(18-6-2-1-3-7-18)11-5-4-10(16)8-12(11)13/h1-6,8-9H,7H2. The van der Waals surface area contributed by atoms with Gasteiger partial charge in [0.2, 0.25) is 0 Å². The van der Waals surface area contributed by atoms with Crippen LogP contribution in [0.1, 0.15) is 0 Å². The van der Waals surface area contributed by atoms with Gasteiger partial charge < -0.3 is 4.90 Å². The number of hydrogen-bond acceptors (Lipinski definition) is 2. The van der Waals surface area contributed by atoms with Crippen molar-refractivity contribution >= 4 is 28.2 Å². The van der Waals surface area contributed by atoms with Crippen molar-refractivity contribution < 1.29 is 4.39 Å². The lowest BCUT2D eigenvalue weighted by Gasteiger charge is -2.21. The quantitative estimate of drug-likeness (QED) is 0.773. The monoisotopic (exact) mass is 260 g/mol. The Morgan fingerprint density at radius 1 is 1.22 bits per heavy atom. The van der Waals surface area contributed by atoms with Crippen LogP contribution in [0.25, 0.3) is 10.8 Å². The number of anilines is 1.